The van der Waals surface area contributed by atoms with E-state index in [-0.39, 0.29) is 26.5 Å². The zero-order chi connectivity index (χ0) is 13.1. The Morgan fingerprint density at radius 1 is 0.647 bits per heavy atom. The van der Waals surface area contributed by atoms with Gasteiger partial charge in [-0.1, -0.05) is 27.7 Å². The van der Waals surface area contributed by atoms with Crippen LogP contribution in [0.1, 0.15) is 27.7 Å². The summed E-state index contributed by atoms with van der Waals surface area (Å²) in [5, 5.41) is 0. The Hall–Kier alpha value is 1.84. The van der Waals surface area contributed by atoms with Crippen molar-refractivity contribution in [1.29, 1.82) is 0 Å². The molecule has 109 valence electrons. The van der Waals surface area contributed by atoms with Crippen LogP contribution in [0.15, 0.2) is 0 Å². The van der Waals surface area contributed by atoms with Gasteiger partial charge in [0.1, 0.15) is 0 Å². The Bertz CT molecular complexity index is 126. The molecule has 0 heterocycles. The van der Waals surface area contributed by atoms with Crippen molar-refractivity contribution in [3.8, 4) is 0 Å². The van der Waals surface area contributed by atoms with Crippen LogP contribution in [0.2, 0.25) is 0 Å². The molecule has 0 aromatic heterocycles. The van der Waals surface area contributed by atoms with E-state index < -0.39 is 0 Å². The van der Waals surface area contributed by atoms with Crippen LogP contribution in [0.3, 0.4) is 0 Å². The maximum absolute atomic E-state index is 4.84. The van der Waals surface area contributed by atoms with Gasteiger partial charge in [-0.15, -0.1) is 0 Å². The minimum absolute atomic E-state index is 0. The van der Waals surface area contributed by atoms with E-state index in [1.54, 1.807) is 0 Å². The molecular formula is C10H22CuN2S4-2. The Balaban J connectivity index is -0.000000218. The predicted molar refractivity (Wildman–Crippen MR) is 82.9 cm³/mol. The van der Waals surface area contributed by atoms with E-state index in [4.69, 9.17) is 50.5 Å². The molecule has 7 heteroatoms. The Labute approximate surface area is 140 Å². The fourth-order valence-corrected chi connectivity index (χ4v) is 2.24. The molecule has 0 aromatic rings. The van der Waals surface area contributed by atoms with Gasteiger partial charge in [0.15, 0.2) is 0 Å². The summed E-state index contributed by atoms with van der Waals surface area (Å²) < 4.78 is -0.241. The third-order valence-electron chi connectivity index (χ3n) is 2.22. The molecule has 0 fully saturated rings. The molecule has 0 saturated carbocycles. The SMILES string of the molecule is CCN(CC)C([S-])[S-].CCN(CC)C([S-])[S-].[Cu+2]. The van der Waals surface area contributed by atoms with Gasteiger partial charge in [0.05, 0.1) is 0 Å². The summed E-state index contributed by atoms with van der Waals surface area (Å²) in [6, 6.07) is 0. The Morgan fingerprint density at radius 2 is 0.824 bits per heavy atom. The summed E-state index contributed by atoms with van der Waals surface area (Å²) in [5.74, 6) is 0. The number of hydrogen-bond acceptors (Lipinski definition) is 6. The molecule has 0 aromatic carbocycles. The molecule has 0 rings (SSSR count). The second kappa shape index (κ2) is 15.9. The van der Waals surface area contributed by atoms with Crippen molar-refractivity contribution in [3.05, 3.63) is 0 Å². The molecular weight excluding hydrogens is 340 g/mol. The first kappa shape index (κ1) is 23.9. The van der Waals surface area contributed by atoms with Gasteiger partial charge in [0, 0.05) is 0 Å². The molecule has 0 unspecified atom stereocenters. The van der Waals surface area contributed by atoms with Crippen LogP contribution in [0.4, 0.5) is 0 Å². The molecule has 17 heavy (non-hydrogen) atoms. The van der Waals surface area contributed by atoms with Gasteiger partial charge < -0.3 is 60.3 Å². The molecule has 0 saturated heterocycles. The van der Waals surface area contributed by atoms with Crippen LogP contribution in [0, 0.1) is 0 Å². The van der Waals surface area contributed by atoms with Crippen molar-refractivity contribution in [2.45, 2.75) is 37.1 Å². The molecule has 0 aliphatic rings. The third-order valence-corrected chi connectivity index (χ3v) is 3.41. The van der Waals surface area contributed by atoms with E-state index in [1.807, 2.05) is 9.80 Å². The van der Waals surface area contributed by atoms with Crippen molar-refractivity contribution >= 4 is 50.5 Å². The fraction of sp³-hybridized carbons (Fsp3) is 1.00. The van der Waals surface area contributed by atoms with Gasteiger partial charge in [-0.2, -0.15) is 0 Å². The molecule has 1 radical (unpaired) electrons. The number of nitrogens with zero attached hydrogens (tertiary/aromatic N) is 2. The average Bonchev–Trinajstić information content (AvgIpc) is 2.21. The first-order valence-electron chi connectivity index (χ1n) is 5.55. The van der Waals surface area contributed by atoms with Crippen LogP contribution in [0.5, 0.6) is 0 Å². The van der Waals surface area contributed by atoms with Gasteiger partial charge >= 0.3 is 17.1 Å². The number of hydrogen-bond donors (Lipinski definition) is 0. The predicted octanol–water partition coefficient (Wildman–Crippen LogP) is 1.41. The second-order valence-corrected chi connectivity index (χ2v) is 5.44. The summed E-state index contributed by atoms with van der Waals surface area (Å²) in [5.41, 5.74) is 0. The summed E-state index contributed by atoms with van der Waals surface area (Å²) in [6.45, 7) is 12.1. The maximum Gasteiger partial charge on any atom is 2.00 e. The molecule has 0 atom stereocenters. The Kier molecular flexibility index (Phi) is 22.3. The standard InChI is InChI=1S/2C5H13NS2.Cu/c2*1-3-6(4-2)5(7)8;/h2*5,7-8H,3-4H2,1-2H3;/q;;+2/p-4. The molecule has 0 aliphatic carbocycles. The Morgan fingerprint density at radius 3 is 0.824 bits per heavy atom. The zero-order valence-electron chi connectivity index (χ0n) is 10.8. The van der Waals surface area contributed by atoms with Gasteiger partial charge in [-0.3, -0.25) is 0 Å². The van der Waals surface area contributed by atoms with Gasteiger partial charge in [-0.05, 0) is 26.2 Å². The van der Waals surface area contributed by atoms with Crippen molar-refractivity contribution in [2.24, 2.45) is 0 Å². The average molecular weight is 362 g/mol. The molecule has 2 nitrogen and oxygen atoms in total. The van der Waals surface area contributed by atoms with E-state index in [0.29, 0.717) is 0 Å². The van der Waals surface area contributed by atoms with Gasteiger partial charge in [0.25, 0.3) is 0 Å². The molecule has 0 spiro atoms. The fourth-order valence-electron chi connectivity index (χ4n) is 1.04. The van der Waals surface area contributed by atoms with Crippen LogP contribution in [0.25, 0.3) is 0 Å². The quantitative estimate of drug-likeness (QED) is 0.517. The topological polar surface area (TPSA) is 6.48 Å². The third kappa shape index (κ3) is 14.1. The molecule has 0 bridgehead atoms. The van der Waals surface area contributed by atoms with Crippen molar-refractivity contribution < 1.29 is 17.1 Å². The van der Waals surface area contributed by atoms with Crippen LogP contribution in [-0.4, -0.2) is 45.4 Å². The smallest absolute Gasteiger partial charge is 0.800 e. The van der Waals surface area contributed by atoms with Crippen LogP contribution < -0.4 is 0 Å². The van der Waals surface area contributed by atoms with E-state index in [1.165, 1.54) is 0 Å². The summed E-state index contributed by atoms with van der Waals surface area (Å²) in [7, 11) is 0. The van der Waals surface area contributed by atoms with Crippen LogP contribution >= 0.6 is 0 Å². The summed E-state index contributed by atoms with van der Waals surface area (Å²) in [4.78, 5) is 4.09. The zero-order valence-corrected chi connectivity index (χ0v) is 15.0. The summed E-state index contributed by atoms with van der Waals surface area (Å²) in [6.07, 6.45) is 0. The monoisotopic (exact) mass is 361 g/mol. The van der Waals surface area contributed by atoms with Crippen LogP contribution in [-0.2, 0) is 67.6 Å². The minimum Gasteiger partial charge on any atom is -0.800 e. The molecule has 0 aliphatic heterocycles. The van der Waals surface area contributed by atoms with Crippen molar-refractivity contribution in [1.82, 2.24) is 9.80 Å². The first-order chi connectivity index (χ1) is 7.44. The number of rotatable bonds is 6. The van der Waals surface area contributed by atoms with E-state index in [9.17, 15) is 0 Å². The molecule has 0 amide bonds. The normalized spacial score (nSPS) is 10.6. The van der Waals surface area contributed by atoms with E-state index in [2.05, 4.69) is 27.7 Å². The van der Waals surface area contributed by atoms with Crippen molar-refractivity contribution in [3.63, 3.8) is 0 Å². The summed E-state index contributed by atoms with van der Waals surface area (Å²) >= 11 is 19.4. The second-order valence-electron chi connectivity index (χ2n) is 3.06. The van der Waals surface area contributed by atoms with Crippen molar-refractivity contribution in [2.75, 3.05) is 26.2 Å². The van der Waals surface area contributed by atoms with E-state index in [0.717, 1.165) is 26.2 Å². The van der Waals surface area contributed by atoms with Gasteiger partial charge in [-0.25, -0.2) is 9.41 Å². The molecule has 0 N–H and O–H groups in total. The van der Waals surface area contributed by atoms with Gasteiger partial charge in [0.2, 0.25) is 0 Å². The first-order valence-corrected chi connectivity index (χ1v) is 7.44. The largest absolute Gasteiger partial charge is 2.00 e. The van der Waals surface area contributed by atoms with E-state index >= 15 is 0 Å². The minimum atomic E-state index is -0.120. The maximum atomic E-state index is 4.84.